The highest BCUT2D eigenvalue weighted by Crippen LogP contribution is 2.45. The van der Waals surface area contributed by atoms with Crippen molar-refractivity contribution in [2.45, 2.75) is 40.0 Å². The first-order valence-electron chi connectivity index (χ1n) is 7.29. The van der Waals surface area contributed by atoms with Crippen molar-refractivity contribution >= 4 is 0 Å². The molecule has 0 bridgehead atoms. The Kier molecular flexibility index (Phi) is 4.33. The minimum Gasteiger partial charge on any atom is -0.507 e. The molecule has 0 heterocycles. The van der Waals surface area contributed by atoms with E-state index in [0.717, 1.165) is 41.5 Å². The third-order valence-electron chi connectivity index (χ3n) is 3.90. The predicted molar refractivity (Wildman–Crippen MR) is 83.3 cm³/mol. The lowest BCUT2D eigenvalue weighted by molar-refractivity contribution is 0.444. The SMILES string of the molecule is CCc1c(O)c(-c2ccccc2)c(O)c(CC)c1CC. The summed E-state index contributed by atoms with van der Waals surface area (Å²) in [6.07, 6.45) is 2.35. The lowest BCUT2D eigenvalue weighted by Crippen LogP contribution is -2.01. The average Bonchev–Trinajstić information content (AvgIpc) is 2.47. The van der Waals surface area contributed by atoms with E-state index in [-0.39, 0.29) is 11.5 Å². The molecule has 2 nitrogen and oxygen atoms in total. The summed E-state index contributed by atoms with van der Waals surface area (Å²) in [4.78, 5) is 0. The Hall–Kier alpha value is -1.96. The fourth-order valence-electron chi connectivity index (χ4n) is 2.95. The summed E-state index contributed by atoms with van der Waals surface area (Å²) in [5.41, 5.74) is 4.43. The van der Waals surface area contributed by atoms with E-state index < -0.39 is 0 Å². The molecular formula is C18H22O2. The zero-order valence-corrected chi connectivity index (χ0v) is 12.4. The van der Waals surface area contributed by atoms with Crippen molar-refractivity contribution in [2.75, 3.05) is 0 Å². The molecule has 2 rings (SSSR count). The van der Waals surface area contributed by atoms with Crippen molar-refractivity contribution in [1.29, 1.82) is 0 Å². The predicted octanol–water partition coefficient (Wildman–Crippen LogP) is 4.45. The molecule has 0 fully saturated rings. The smallest absolute Gasteiger partial charge is 0.130 e. The van der Waals surface area contributed by atoms with Crippen molar-refractivity contribution in [3.8, 4) is 22.6 Å². The molecule has 20 heavy (non-hydrogen) atoms. The Labute approximate surface area is 120 Å². The minimum atomic E-state index is 0.227. The van der Waals surface area contributed by atoms with Crippen LogP contribution in [-0.2, 0) is 19.3 Å². The largest absolute Gasteiger partial charge is 0.507 e. The van der Waals surface area contributed by atoms with Gasteiger partial charge < -0.3 is 10.2 Å². The number of aromatic hydroxyl groups is 2. The highest BCUT2D eigenvalue weighted by molar-refractivity contribution is 5.80. The zero-order chi connectivity index (χ0) is 14.7. The Bertz CT molecular complexity index is 570. The molecule has 0 aromatic heterocycles. The van der Waals surface area contributed by atoms with E-state index in [2.05, 4.69) is 6.92 Å². The second-order valence-electron chi connectivity index (χ2n) is 4.93. The molecule has 0 aliphatic carbocycles. The van der Waals surface area contributed by atoms with Crippen LogP contribution in [0.3, 0.4) is 0 Å². The Morgan fingerprint density at radius 3 is 1.55 bits per heavy atom. The molecule has 0 aliphatic heterocycles. The Morgan fingerprint density at radius 2 is 1.15 bits per heavy atom. The molecule has 0 aliphatic rings. The Balaban J connectivity index is 2.82. The van der Waals surface area contributed by atoms with Crippen molar-refractivity contribution in [2.24, 2.45) is 0 Å². The van der Waals surface area contributed by atoms with Crippen LogP contribution < -0.4 is 0 Å². The monoisotopic (exact) mass is 270 g/mol. The summed E-state index contributed by atoms with van der Waals surface area (Å²) in [6.45, 7) is 6.15. The van der Waals surface area contributed by atoms with Crippen LogP contribution in [0.15, 0.2) is 30.3 Å². The van der Waals surface area contributed by atoms with Gasteiger partial charge in [0, 0.05) is 0 Å². The summed E-state index contributed by atoms with van der Waals surface area (Å²) in [7, 11) is 0. The molecule has 0 atom stereocenters. The normalized spacial score (nSPS) is 10.8. The van der Waals surface area contributed by atoms with Gasteiger partial charge in [0.1, 0.15) is 11.5 Å². The molecule has 0 radical (unpaired) electrons. The van der Waals surface area contributed by atoms with Crippen molar-refractivity contribution in [3.63, 3.8) is 0 Å². The number of hydrogen-bond acceptors (Lipinski definition) is 2. The van der Waals surface area contributed by atoms with Gasteiger partial charge in [0.05, 0.1) is 5.56 Å². The van der Waals surface area contributed by atoms with Crippen LogP contribution in [0, 0.1) is 0 Å². The van der Waals surface area contributed by atoms with Gasteiger partial charge in [0.25, 0.3) is 0 Å². The van der Waals surface area contributed by atoms with E-state index in [1.54, 1.807) is 0 Å². The molecule has 106 valence electrons. The second-order valence-corrected chi connectivity index (χ2v) is 4.93. The average molecular weight is 270 g/mol. The van der Waals surface area contributed by atoms with E-state index in [1.807, 2.05) is 44.2 Å². The van der Waals surface area contributed by atoms with Gasteiger partial charge in [0.15, 0.2) is 0 Å². The summed E-state index contributed by atoms with van der Waals surface area (Å²) >= 11 is 0. The van der Waals surface area contributed by atoms with E-state index >= 15 is 0 Å². The van der Waals surface area contributed by atoms with Gasteiger partial charge in [-0.25, -0.2) is 0 Å². The van der Waals surface area contributed by atoms with Gasteiger partial charge in [-0.3, -0.25) is 0 Å². The van der Waals surface area contributed by atoms with Crippen LogP contribution in [0.5, 0.6) is 11.5 Å². The lowest BCUT2D eigenvalue weighted by Gasteiger charge is -2.20. The van der Waals surface area contributed by atoms with E-state index in [4.69, 9.17) is 0 Å². The summed E-state index contributed by atoms with van der Waals surface area (Å²) in [6, 6.07) is 9.59. The van der Waals surface area contributed by atoms with Crippen LogP contribution in [0.2, 0.25) is 0 Å². The fourth-order valence-corrected chi connectivity index (χ4v) is 2.95. The molecule has 2 N–H and O–H groups in total. The number of phenolic OH excluding ortho intramolecular Hbond substituents is 2. The fraction of sp³-hybridized carbons (Fsp3) is 0.333. The van der Waals surface area contributed by atoms with Gasteiger partial charge in [-0.15, -0.1) is 0 Å². The maximum absolute atomic E-state index is 10.6. The van der Waals surface area contributed by atoms with Gasteiger partial charge in [-0.05, 0) is 41.5 Å². The number of hydrogen-bond donors (Lipinski definition) is 2. The first-order chi connectivity index (χ1) is 9.65. The van der Waals surface area contributed by atoms with Gasteiger partial charge in [-0.1, -0.05) is 51.1 Å². The third-order valence-corrected chi connectivity index (χ3v) is 3.90. The highest BCUT2D eigenvalue weighted by Gasteiger charge is 2.21. The first kappa shape index (κ1) is 14.4. The molecular weight excluding hydrogens is 248 g/mol. The second kappa shape index (κ2) is 6.00. The van der Waals surface area contributed by atoms with Crippen molar-refractivity contribution in [1.82, 2.24) is 0 Å². The van der Waals surface area contributed by atoms with Gasteiger partial charge in [0.2, 0.25) is 0 Å². The van der Waals surface area contributed by atoms with Crippen LogP contribution in [0.1, 0.15) is 37.5 Å². The lowest BCUT2D eigenvalue weighted by atomic mass is 9.88. The summed E-state index contributed by atoms with van der Waals surface area (Å²) in [5, 5.41) is 21.2. The maximum atomic E-state index is 10.6. The standard InChI is InChI=1S/C18H22O2/c1-4-13-14(5-2)17(19)16(18(20)15(13)6-3)12-10-8-7-9-11-12/h7-11,19-20H,4-6H2,1-3H3. The summed E-state index contributed by atoms with van der Waals surface area (Å²) in [5.74, 6) is 0.454. The topological polar surface area (TPSA) is 40.5 Å². The molecule has 2 aromatic rings. The molecule has 0 saturated heterocycles. The quantitative estimate of drug-likeness (QED) is 0.861. The Morgan fingerprint density at radius 1 is 0.700 bits per heavy atom. The molecule has 2 heteroatoms. The van der Waals surface area contributed by atoms with Gasteiger partial charge >= 0.3 is 0 Å². The van der Waals surface area contributed by atoms with Crippen LogP contribution in [0.25, 0.3) is 11.1 Å². The molecule has 0 amide bonds. The van der Waals surface area contributed by atoms with E-state index in [1.165, 1.54) is 0 Å². The van der Waals surface area contributed by atoms with E-state index in [9.17, 15) is 10.2 Å². The number of rotatable bonds is 4. The maximum Gasteiger partial charge on any atom is 0.130 e. The van der Waals surface area contributed by atoms with Crippen LogP contribution in [-0.4, -0.2) is 10.2 Å². The van der Waals surface area contributed by atoms with Crippen LogP contribution in [0.4, 0.5) is 0 Å². The molecule has 2 aromatic carbocycles. The third kappa shape index (κ3) is 2.26. The number of phenols is 2. The summed E-state index contributed by atoms with van der Waals surface area (Å²) < 4.78 is 0. The van der Waals surface area contributed by atoms with E-state index in [0.29, 0.717) is 5.56 Å². The number of benzene rings is 2. The molecule has 0 saturated carbocycles. The highest BCUT2D eigenvalue weighted by atomic mass is 16.3. The van der Waals surface area contributed by atoms with Crippen molar-refractivity contribution < 1.29 is 10.2 Å². The van der Waals surface area contributed by atoms with Crippen LogP contribution >= 0.6 is 0 Å². The van der Waals surface area contributed by atoms with Gasteiger partial charge in [-0.2, -0.15) is 0 Å². The zero-order valence-electron chi connectivity index (χ0n) is 12.4. The first-order valence-corrected chi connectivity index (χ1v) is 7.29. The molecule has 0 spiro atoms. The van der Waals surface area contributed by atoms with Crippen molar-refractivity contribution in [3.05, 3.63) is 47.0 Å². The molecule has 0 unspecified atom stereocenters. The minimum absolute atomic E-state index is 0.227.